The maximum absolute atomic E-state index is 4.65. The Bertz CT molecular complexity index is 408. The van der Waals surface area contributed by atoms with Crippen LogP contribution < -0.4 is 4.90 Å². The van der Waals surface area contributed by atoms with Crippen molar-refractivity contribution in [1.29, 1.82) is 0 Å². The number of halogens is 1. The third kappa shape index (κ3) is 3.02. The number of rotatable bonds is 3. The summed E-state index contributed by atoms with van der Waals surface area (Å²) in [6, 6.07) is 2.64. The average molecular weight is 312 g/mol. The third-order valence-electron chi connectivity index (χ3n) is 3.97. The monoisotopic (exact) mass is 311 g/mol. The second kappa shape index (κ2) is 6.00. The van der Waals surface area contributed by atoms with Crippen LogP contribution in [0.1, 0.15) is 45.4 Å². The summed E-state index contributed by atoms with van der Waals surface area (Å²) in [5, 5.41) is 0. The van der Waals surface area contributed by atoms with Gasteiger partial charge >= 0.3 is 0 Å². The number of hydrogen-bond acceptors (Lipinski definition) is 3. The molecule has 18 heavy (non-hydrogen) atoms. The normalized spacial score (nSPS) is 24.0. The van der Waals surface area contributed by atoms with E-state index in [9.17, 15) is 0 Å². The van der Waals surface area contributed by atoms with Crippen LogP contribution in [0.3, 0.4) is 0 Å². The van der Waals surface area contributed by atoms with Crippen LogP contribution in [0.15, 0.2) is 10.7 Å². The van der Waals surface area contributed by atoms with E-state index >= 15 is 0 Å². The number of aromatic nitrogens is 2. The van der Waals surface area contributed by atoms with Crippen molar-refractivity contribution in [2.24, 2.45) is 5.92 Å². The molecule has 1 saturated carbocycles. The molecule has 0 radical (unpaired) electrons. The van der Waals surface area contributed by atoms with Gasteiger partial charge in [0, 0.05) is 25.6 Å². The van der Waals surface area contributed by atoms with Crippen molar-refractivity contribution in [2.45, 2.75) is 52.0 Å². The highest BCUT2D eigenvalue weighted by Crippen LogP contribution is 2.30. The van der Waals surface area contributed by atoms with Gasteiger partial charge in [-0.3, -0.25) is 0 Å². The zero-order chi connectivity index (χ0) is 13.1. The molecule has 4 heteroatoms. The second-order valence-corrected chi connectivity index (χ2v) is 6.07. The highest BCUT2D eigenvalue weighted by atomic mass is 79.9. The third-order valence-corrected chi connectivity index (χ3v) is 4.38. The van der Waals surface area contributed by atoms with Crippen LogP contribution in [0.5, 0.6) is 0 Å². The van der Waals surface area contributed by atoms with Crippen molar-refractivity contribution in [1.82, 2.24) is 9.97 Å². The van der Waals surface area contributed by atoms with Gasteiger partial charge in [0.1, 0.15) is 16.2 Å². The van der Waals surface area contributed by atoms with Crippen LogP contribution >= 0.6 is 15.9 Å². The Morgan fingerprint density at radius 3 is 2.72 bits per heavy atom. The summed E-state index contributed by atoms with van der Waals surface area (Å²) in [5.41, 5.74) is 0. The maximum Gasteiger partial charge on any atom is 0.133 e. The molecule has 2 unspecified atom stereocenters. The molecule has 1 aromatic heterocycles. The lowest BCUT2D eigenvalue weighted by molar-refractivity contribution is 0.320. The molecular formula is C14H22BrN3. The molecule has 0 spiro atoms. The summed E-state index contributed by atoms with van der Waals surface area (Å²) in [7, 11) is 2.17. The van der Waals surface area contributed by atoms with Crippen molar-refractivity contribution >= 4 is 21.7 Å². The fourth-order valence-electron chi connectivity index (χ4n) is 2.83. The van der Waals surface area contributed by atoms with E-state index in [2.05, 4.69) is 51.7 Å². The lowest BCUT2D eigenvalue weighted by atomic mass is 9.85. The smallest absolute Gasteiger partial charge is 0.133 e. The molecular weight excluding hydrogens is 290 g/mol. The lowest BCUT2D eigenvalue weighted by Crippen LogP contribution is -2.39. The SMILES string of the molecule is CCc1nc(Br)cc(N(C)C2CCCCC2C)n1. The minimum absolute atomic E-state index is 0.616. The van der Waals surface area contributed by atoms with Crippen LogP contribution in [0.25, 0.3) is 0 Å². The topological polar surface area (TPSA) is 29.0 Å². The van der Waals surface area contributed by atoms with Crippen LogP contribution in [-0.4, -0.2) is 23.1 Å². The van der Waals surface area contributed by atoms with E-state index in [1.165, 1.54) is 25.7 Å². The summed E-state index contributed by atoms with van der Waals surface area (Å²) >= 11 is 3.48. The van der Waals surface area contributed by atoms with Gasteiger partial charge in [0.25, 0.3) is 0 Å². The van der Waals surface area contributed by atoms with Crippen molar-refractivity contribution in [3.63, 3.8) is 0 Å². The van der Waals surface area contributed by atoms with Gasteiger partial charge < -0.3 is 4.90 Å². The molecule has 1 aliphatic rings. The van der Waals surface area contributed by atoms with Gasteiger partial charge in [-0.1, -0.05) is 26.7 Å². The van der Waals surface area contributed by atoms with Gasteiger partial charge in [-0.05, 0) is 34.7 Å². The first-order valence-corrected chi connectivity index (χ1v) is 7.67. The van der Waals surface area contributed by atoms with Crippen LogP contribution in [0.2, 0.25) is 0 Å². The molecule has 1 aromatic rings. The van der Waals surface area contributed by atoms with Gasteiger partial charge in [0.15, 0.2) is 0 Å². The van der Waals surface area contributed by atoms with Crippen LogP contribution in [0.4, 0.5) is 5.82 Å². The molecule has 1 fully saturated rings. The molecule has 1 heterocycles. The Morgan fingerprint density at radius 1 is 1.33 bits per heavy atom. The lowest BCUT2D eigenvalue weighted by Gasteiger charge is -2.37. The minimum Gasteiger partial charge on any atom is -0.356 e. The molecule has 3 nitrogen and oxygen atoms in total. The fourth-order valence-corrected chi connectivity index (χ4v) is 3.24. The van der Waals surface area contributed by atoms with E-state index in [1.54, 1.807) is 0 Å². The second-order valence-electron chi connectivity index (χ2n) is 5.26. The first-order valence-electron chi connectivity index (χ1n) is 6.88. The fraction of sp³-hybridized carbons (Fsp3) is 0.714. The highest BCUT2D eigenvalue weighted by Gasteiger charge is 2.26. The summed E-state index contributed by atoms with van der Waals surface area (Å²) in [6.45, 7) is 4.45. The van der Waals surface area contributed by atoms with Crippen molar-refractivity contribution in [3.8, 4) is 0 Å². The largest absolute Gasteiger partial charge is 0.356 e. The summed E-state index contributed by atoms with van der Waals surface area (Å²) in [6.07, 6.45) is 6.20. The first kappa shape index (κ1) is 13.8. The first-order chi connectivity index (χ1) is 8.61. The zero-order valence-electron chi connectivity index (χ0n) is 11.5. The van der Waals surface area contributed by atoms with E-state index < -0.39 is 0 Å². The van der Waals surface area contributed by atoms with E-state index in [1.807, 2.05) is 6.07 Å². The molecule has 0 aliphatic heterocycles. The van der Waals surface area contributed by atoms with E-state index in [0.29, 0.717) is 6.04 Å². The minimum atomic E-state index is 0.616. The van der Waals surface area contributed by atoms with Crippen LogP contribution in [-0.2, 0) is 6.42 Å². The summed E-state index contributed by atoms with van der Waals surface area (Å²) in [4.78, 5) is 11.4. The van der Waals surface area contributed by atoms with Crippen molar-refractivity contribution < 1.29 is 0 Å². The predicted molar refractivity (Wildman–Crippen MR) is 78.9 cm³/mol. The molecule has 0 saturated heterocycles. The molecule has 0 bridgehead atoms. The number of hydrogen-bond donors (Lipinski definition) is 0. The van der Waals surface area contributed by atoms with Crippen LogP contribution in [0, 0.1) is 5.92 Å². The molecule has 2 atom stereocenters. The van der Waals surface area contributed by atoms with Crippen molar-refractivity contribution in [3.05, 3.63) is 16.5 Å². The number of nitrogens with zero attached hydrogens (tertiary/aromatic N) is 3. The Balaban J connectivity index is 2.21. The van der Waals surface area contributed by atoms with Gasteiger partial charge in [-0.15, -0.1) is 0 Å². The molecule has 2 rings (SSSR count). The Morgan fingerprint density at radius 2 is 2.06 bits per heavy atom. The molecule has 100 valence electrons. The Kier molecular flexibility index (Phi) is 4.60. The quantitative estimate of drug-likeness (QED) is 0.795. The van der Waals surface area contributed by atoms with Gasteiger partial charge in [-0.25, -0.2) is 9.97 Å². The average Bonchev–Trinajstić information content (AvgIpc) is 2.37. The van der Waals surface area contributed by atoms with Gasteiger partial charge in [0.2, 0.25) is 0 Å². The predicted octanol–water partition coefficient (Wildman–Crippen LogP) is 3.82. The molecule has 0 N–H and O–H groups in total. The van der Waals surface area contributed by atoms with E-state index in [4.69, 9.17) is 0 Å². The molecule has 0 aromatic carbocycles. The number of anilines is 1. The van der Waals surface area contributed by atoms with Gasteiger partial charge in [-0.2, -0.15) is 0 Å². The Labute approximate surface area is 118 Å². The van der Waals surface area contributed by atoms with E-state index in [0.717, 1.165) is 28.6 Å². The van der Waals surface area contributed by atoms with Crippen molar-refractivity contribution in [2.75, 3.05) is 11.9 Å². The standard InChI is InChI=1S/C14H22BrN3/c1-4-13-16-12(15)9-14(17-13)18(3)11-8-6-5-7-10(11)2/h9-11H,4-8H2,1-3H3. The Hall–Kier alpha value is -0.640. The highest BCUT2D eigenvalue weighted by molar-refractivity contribution is 9.10. The zero-order valence-corrected chi connectivity index (χ0v) is 13.1. The maximum atomic E-state index is 4.65. The van der Waals surface area contributed by atoms with E-state index in [-0.39, 0.29) is 0 Å². The number of aryl methyl sites for hydroxylation is 1. The molecule has 0 amide bonds. The summed E-state index contributed by atoms with van der Waals surface area (Å²) in [5.74, 6) is 2.71. The molecule has 1 aliphatic carbocycles. The summed E-state index contributed by atoms with van der Waals surface area (Å²) < 4.78 is 0.889. The van der Waals surface area contributed by atoms with Gasteiger partial charge in [0.05, 0.1) is 0 Å².